The molecular weight excluding hydrogens is 212 g/mol. The molecule has 1 aliphatic heterocycles. The van der Waals surface area contributed by atoms with Gasteiger partial charge in [0.15, 0.2) is 0 Å². The number of nitrogens with one attached hydrogen (secondary N) is 1. The summed E-state index contributed by atoms with van der Waals surface area (Å²) in [5.74, 6) is -2.45. The maximum absolute atomic E-state index is 13.0. The van der Waals surface area contributed by atoms with Crippen LogP contribution in [0.2, 0.25) is 0 Å². The molecule has 0 aromatic carbocycles. The largest absolute Gasteiger partial charge is 0.372 e. The van der Waals surface area contributed by atoms with Crippen LogP contribution in [0.25, 0.3) is 0 Å². The van der Waals surface area contributed by atoms with Gasteiger partial charge in [0.2, 0.25) is 5.92 Å². The van der Waals surface area contributed by atoms with Gasteiger partial charge in [-0.3, -0.25) is 0 Å². The molecule has 0 bridgehead atoms. The van der Waals surface area contributed by atoms with Crippen molar-refractivity contribution in [2.75, 3.05) is 13.1 Å². The molecule has 2 fully saturated rings. The number of halogens is 2. The zero-order valence-corrected chi connectivity index (χ0v) is 9.90. The van der Waals surface area contributed by atoms with Crippen LogP contribution in [-0.4, -0.2) is 30.7 Å². The van der Waals surface area contributed by atoms with Gasteiger partial charge in [-0.2, -0.15) is 0 Å². The molecule has 1 aliphatic carbocycles. The highest BCUT2D eigenvalue weighted by Gasteiger charge is 2.38. The van der Waals surface area contributed by atoms with E-state index < -0.39 is 5.92 Å². The summed E-state index contributed by atoms with van der Waals surface area (Å²) in [5.41, 5.74) is -0.0947. The summed E-state index contributed by atoms with van der Waals surface area (Å²) < 4.78 is 32.0. The number of hydrogen-bond donors (Lipinski definition) is 1. The van der Waals surface area contributed by atoms with Gasteiger partial charge in [0.05, 0.1) is 11.7 Å². The molecule has 0 unspecified atom stereocenters. The maximum atomic E-state index is 13.0. The van der Waals surface area contributed by atoms with E-state index in [4.69, 9.17) is 4.74 Å². The van der Waals surface area contributed by atoms with Gasteiger partial charge in [-0.15, -0.1) is 0 Å². The molecule has 1 heterocycles. The minimum Gasteiger partial charge on any atom is -0.372 e. The second-order valence-corrected chi connectivity index (χ2v) is 5.37. The number of piperidine rings is 1. The predicted octanol–water partition coefficient (Wildman–Crippen LogP) is 2.72. The van der Waals surface area contributed by atoms with Crippen molar-refractivity contribution in [1.82, 2.24) is 5.32 Å². The monoisotopic (exact) mass is 233 g/mol. The molecule has 2 rings (SSSR count). The molecule has 0 aromatic rings. The Hall–Kier alpha value is -0.220. The lowest BCUT2D eigenvalue weighted by molar-refractivity contribution is -0.140. The van der Waals surface area contributed by atoms with Crippen molar-refractivity contribution in [3.05, 3.63) is 0 Å². The van der Waals surface area contributed by atoms with E-state index in [2.05, 4.69) is 12.2 Å². The third-order valence-corrected chi connectivity index (χ3v) is 3.78. The van der Waals surface area contributed by atoms with E-state index in [9.17, 15) is 8.78 Å². The van der Waals surface area contributed by atoms with Crippen molar-refractivity contribution >= 4 is 0 Å². The Morgan fingerprint density at radius 3 is 2.19 bits per heavy atom. The first-order chi connectivity index (χ1) is 7.49. The smallest absolute Gasteiger partial charge is 0.248 e. The van der Waals surface area contributed by atoms with Crippen molar-refractivity contribution < 1.29 is 13.5 Å². The van der Waals surface area contributed by atoms with Crippen LogP contribution in [-0.2, 0) is 4.74 Å². The lowest BCUT2D eigenvalue weighted by Gasteiger charge is -2.39. The molecule has 2 aliphatic rings. The van der Waals surface area contributed by atoms with Gasteiger partial charge in [0.1, 0.15) is 0 Å². The molecule has 0 radical (unpaired) electrons. The quantitative estimate of drug-likeness (QED) is 0.791. The number of ether oxygens (including phenoxy) is 1. The summed E-state index contributed by atoms with van der Waals surface area (Å²) in [7, 11) is 0. The first-order valence-electron chi connectivity index (χ1n) is 6.26. The van der Waals surface area contributed by atoms with E-state index in [0.717, 1.165) is 25.9 Å². The first-order valence-corrected chi connectivity index (χ1v) is 6.26. The zero-order valence-electron chi connectivity index (χ0n) is 9.90. The van der Waals surface area contributed by atoms with Crippen LogP contribution in [0, 0.1) is 0 Å². The van der Waals surface area contributed by atoms with Crippen molar-refractivity contribution in [3.8, 4) is 0 Å². The number of rotatable bonds is 2. The van der Waals surface area contributed by atoms with Crippen LogP contribution in [0.5, 0.6) is 0 Å². The van der Waals surface area contributed by atoms with Crippen LogP contribution in [0.15, 0.2) is 0 Å². The Kier molecular flexibility index (Phi) is 3.50. The van der Waals surface area contributed by atoms with E-state index in [-0.39, 0.29) is 24.5 Å². The van der Waals surface area contributed by atoms with Gasteiger partial charge in [0.25, 0.3) is 0 Å². The van der Waals surface area contributed by atoms with Gasteiger partial charge < -0.3 is 10.1 Å². The summed E-state index contributed by atoms with van der Waals surface area (Å²) >= 11 is 0. The summed E-state index contributed by atoms with van der Waals surface area (Å²) in [6.07, 6.45) is 3.02. The minimum atomic E-state index is -2.45. The van der Waals surface area contributed by atoms with Crippen LogP contribution < -0.4 is 5.32 Å². The molecule has 1 N–H and O–H groups in total. The fourth-order valence-corrected chi connectivity index (χ4v) is 2.61. The lowest BCUT2D eigenvalue weighted by atomic mass is 9.90. The topological polar surface area (TPSA) is 21.3 Å². The summed E-state index contributed by atoms with van der Waals surface area (Å²) in [4.78, 5) is 0. The standard InChI is InChI=1S/C12H21F2NO/c1-11(6-8-15-9-7-11)16-10-2-4-12(13,14)5-3-10/h10,15H,2-9H2,1H3. The first kappa shape index (κ1) is 12.2. The number of alkyl halides is 2. The van der Waals surface area contributed by atoms with Gasteiger partial charge >= 0.3 is 0 Å². The fourth-order valence-electron chi connectivity index (χ4n) is 2.61. The Labute approximate surface area is 95.7 Å². The molecule has 1 saturated heterocycles. The van der Waals surface area contributed by atoms with E-state index >= 15 is 0 Å². The molecule has 2 nitrogen and oxygen atoms in total. The normalized spacial score (nSPS) is 30.2. The van der Waals surface area contributed by atoms with E-state index in [1.165, 1.54) is 0 Å². The molecule has 0 amide bonds. The van der Waals surface area contributed by atoms with E-state index in [1.54, 1.807) is 0 Å². The van der Waals surface area contributed by atoms with Crippen molar-refractivity contribution in [2.24, 2.45) is 0 Å². The number of hydrogen-bond acceptors (Lipinski definition) is 2. The van der Waals surface area contributed by atoms with E-state index in [0.29, 0.717) is 12.8 Å². The summed E-state index contributed by atoms with van der Waals surface area (Å²) in [6.45, 7) is 4.05. The summed E-state index contributed by atoms with van der Waals surface area (Å²) in [6, 6.07) is 0. The molecule has 0 aromatic heterocycles. The highest BCUT2D eigenvalue weighted by atomic mass is 19.3. The molecule has 0 atom stereocenters. The van der Waals surface area contributed by atoms with Crippen LogP contribution in [0.4, 0.5) is 8.78 Å². The minimum absolute atomic E-state index is 0.00794. The van der Waals surface area contributed by atoms with Gasteiger partial charge in [-0.1, -0.05) is 0 Å². The highest BCUT2D eigenvalue weighted by Crippen LogP contribution is 2.37. The average Bonchev–Trinajstić information content (AvgIpc) is 2.22. The van der Waals surface area contributed by atoms with Crippen molar-refractivity contribution in [3.63, 3.8) is 0 Å². The third kappa shape index (κ3) is 3.14. The second-order valence-electron chi connectivity index (χ2n) is 5.37. The van der Waals surface area contributed by atoms with E-state index in [1.807, 2.05) is 0 Å². The molecule has 16 heavy (non-hydrogen) atoms. The molecular formula is C12H21F2NO. The lowest BCUT2D eigenvalue weighted by Crippen LogP contribution is -2.45. The Morgan fingerprint density at radius 2 is 1.62 bits per heavy atom. The summed E-state index contributed by atoms with van der Waals surface area (Å²) in [5, 5.41) is 3.29. The predicted molar refractivity (Wildman–Crippen MR) is 58.8 cm³/mol. The Balaban J connectivity index is 1.81. The Bertz CT molecular complexity index is 229. The fraction of sp³-hybridized carbons (Fsp3) is 1.00. The van der Waals surface area contributed by atoms with Crippen molar-refractivity contribution in [2.45, 2.75) is 63.1 Å². The van der Waals surface area contributed by atoms with Crippen LogP contribution in [0.1, 0.15) is 45.4 Å². The maximum Gasteiger partial charge on any atom is 0.248 e. The SMILES string of the molecule is CC1(OC2CCC(F)(F)CC2)CCNCC1. The molecule has 4 heteroatoms. The second kappa shape index (κ2) is 4.57. The van der Waals surface area contributed by atoms with Gasteiger partial charge in [0, 0.05) is 12.8 Å². The van der Waals surface area contributed by atoms with Crippen LogP contribution in [0.3, 0.4) is 0 Å². The molecule has 94 valence electrons. The highest BCUT2D eigenvalue weighted by molar-refractivity contribution is 4.85. The zero-order chi connectivity index (χ0) is 11.6. The molecule has 1 saturated carbocycles. The van der Waals surface area contributed by atoms with Crippen LogP contribution >= 0.6 is 0 Å². The van der Waals surface area contributed by atoms with Gasteiger partial charge in [-0.25, -0.2) is 8.78 Å². The average molecular weight is 233 g/mol. The van der Waals surface area contributed by atoms with Crippen molar-refractivity contribution in [1.29, 1.82) is 0 Å². The molecule has 0 spiro atoms. The van der Waals surface area contributed by atoms with Gasteiger partial charge in [-0.05, 0) is 45.7 Å². The Morgan fingerprint density at radius 1 is 1.06 bits per heavy atom. The third-order valence-electron chi connectivity index (χ3n) is 3.78.